The highest BCUT2D eigenvalue weighted by Gasteiger charge is 2.28. The van der Waals surface area contributed by atoms with Crippen LogP contribution in [0.4, 0.5) is 0 Å². The molecule has 36 heavy (non-hydrogen) atoms. The fourth-order valence-corrected chi connectivity index (χ4v) is 6.84. The van der Waals surface area contributed by atoms with E-state index in [4.69, 9.17) is 9.47 Å². The Hall–Kier alpha value is -0.500. The van der Waals surface area contributed by atoms with Gasteiger partial charge in [-0.2, -0.15) is 0 Å². The van der Waals surface area contributed by atoms with Crippen LogP contribution < -0.4 is 9.47 Å². The van der Waals surface area contributed by atoms with E-state index in [0.717, 1.165) is 37.2 Å². The summed E-state index contributed by atoms with van der Waals surface area (Å²) in [6, 6.07) is 13.3. The maximum atomic E-state index is 6.11. The molecule has 0 unspecified atom stereocenters. The third-order valence-corrected chi connectivity index (χ3v) is 8.11. The predicted octanol–water partition coefficient (Wildman–Crippen LogP) is 10.6. The number of unbranched alkanes of at least 4 members (excludes halogenated alkanes) is 1. The Kier molecular flexibility index (Phi) is 11.1. The van der Waals surface area contributed by atoms with E-state index in [1.54, 1.807) is 0 Å². The largest absolute Gasteiger partial charge is 0.492 e. The number of hydrogen-bond acceptors (Lipinski definition) is 2. The Balaban J connectivity index is 1.82. The first kappa shape index (κ1) is 31.7. The fourth-order valence-electron chi connectivity index (χ4n) is 5.50. The molecule has 0 atom stereocenters. The summed E-state index contributed by atoms with van der Waals surface area (Å²) in [5, 5.41) is 0. The van der Waals surface area contributed by atoms with Crippen LogP contribution in [-0.2, 0) is 10.8 Å². The van der Waals surface area contributed by atoms with Crippen LogP contribution >= 0.6 is 45.2 Å². The monoisotopic (exact) mass is 718 g/mol. The summed E-state index contributed by atoms with van der Waals surface area (Å²) in [7, 11) is 0. The molecule has 0 aliphatic heterocycles. The molecule has 0 radical (unpaired) electrons. The van der Waals surface area contributed by atoms with E-state index < -0.39 is 0 Å². The lowest BCUT2D eigenvalue weighted by atomic mass is 9.72. The summed E-state index contributed by atoms with van der Waals surface area (Å²) in [6.07, 6.45) is 4.24. The second-order valence-electron chi connectivity index (χ2n) is 13.9. The molecule has 0 saturated heterocycles. The van der Waals surface area contributed by atoms with E-state index in [0.29, 0.717) is 24.0 Å². The average Bonchev–Trinajstić information content (AvgIpc) is 2.68. The number of rotatable bonds is 11. The number of halogens is 2. The van der Waals surface area contributed by atoms with Crippen LogP contribution in [-0.4, -0.2) is 13.2 Å². The molecule has 0 amide bonds. The van der Waals surface area contributed by atoms with Gasteiger partial charge >= 0.3 is 0 Å². The SMILES string of the molecule is CC(C)(C)CC(C)(C)c1ccc(OCCCCOc2ccc(C(C)(C)CC(C)(C)C)cc2I)c(I)c1. The van der Waals surface area contributed by atoms with Gasteiger partial charge in [-0.3, -0.25) is 0 Å². The molecular weight excluding hydrogens is 670 g/mol. The molecule has 0 saturated carbocycles. The second kappa shape index (κ2) is 12.6. The Labute approximate surface area is 249 Å². The number of benzene rings is 2. The second-order valence-corrected chi connectivity index (χ2v) is 16.3. The summed E-state index contributed by atoms with van der Waals surface area (Å²) >= 11 is 4.81. The van der Waals surface area contributed by atoms with Gasteiger partial charge in [0.05, 0.1) is 20.4 Å². The first-order valence-corrected chi connectivity index (χ1v) is 15.4. The predicted molar refractivity (Wildman–Crippen MR) is 173 cm³/mol. The fraction of sp³-hybridized carbons (Fsp3) is 0.625. The zero-order valence-electron chi connectivity index (χ0n) is 24.3. The van der Waals surface area contributed by atoms with Crippen LogP contribution in [0.15, 0.2) is 36.4 Å². The van der Waals surface area contributed by atoms with Crippen LogP contribution in [0, 0.1) is 18.0 Å². The summed E-state index contributed by atoms with van der Waals surface area (Å²) in [6.45, 7) is 24.6. The zero-order chi connectivity index (χ0) is 27.4. The molecule has 0 aliphatic rings. The van der Waals surface area contributed by atoms with Gasteiger partial charge in [0, 0.05) is 0 Å². The van der Waals surface area contributed by atoms with E-state index in [-0.39, 0.29) is 10.8 Å². The van der Waals surface area contributed by atoms with Crippen molar-refractivity contribution in [2.45, 2.75) is 106 Å². The van der Waals surface area contributed by atoms with Gasteiger partial charge in [0.1, 0.15) is 11.5 Å². The van der Waals surface area contributed by atoms with Crippen molar-refractivity contribution in [2.24, 2.45) is 10.8 Å². The van der Waals surface area contributed by atoms with E-state index in [9.17, 15) is 0 Å². The average molecular weight is 719 g/mol. The summed E-state index contributed by atoms with van der Waals surface area (Å²) in [5.41, 5.74) is 3.65. The van der Waals surface area contributed by atoms with Crippen LogP contribution in [0.3, 0.4) is 0 Å². The summed E-state index contributed by atoms with van der Waals surface area (Å²) < 4.78 is 14.6. The molecular formula is C32H48I2O2. The molecule has 0 aliphatic carbocycles. The van der Waals surface area contributed by atoms with Crippen molar-refractivity contribution < 1.29 is 9.47 Å². The van der Waals surface area contributed by atoms with Crippen molar-refractivity contribution in [3.63, 3.8) is 0 Å². The van der Waals surface area contributed by atoms with Crippen molar-refractivity contribution in [3.05, 3.63) is 54.7 Å². The third kappa shape index (κ3) is 10.3. The Bertz CT molecular complexity index is 913. The van der Waals surface area contributed by atoms with E-state index >= 15 is 0 Å². The minimum Gasteiger partial charge on any atom is -0.492 e. The molecule has 2 nitrogen and oxygen atoms in total. The third-order valence-electron chi connectivity index (χ3n) is 6.43. The molecule has 2 aromatic carbocycles. The number of ether oxygens (including phenoxy) is 2. The van der Waals surface area contributed by atoms with Gasteiger partial charge in [0.15, 0.2) is 0 Å². The minimum absolute atomic E-state index is 0.145. The van der Waals surface area contributed by atoms with E-state index in [2.05, 4.69) is 151 Å². The van der Waals surface area contributed by atoms with Crippen molar-refractivity contribution in [1.29, 1.82) is 0 Å². The number of hydrogen-bond donors (Lipinski definition) is 0. The lowest BCUT2D eigenvalue weighted by molar-refractivity contribution is 0.263. The normalized spacial score (nSPS) is 13.1. The zero-order valence-corrected chi connectivity index (χ0v) is 28.6. The van der Waals surface area contributed by atoms with Gasteiger partial charge in [-0.1, -0.05) is 81.4 Å². The van der Waals surface area contributed by atoms with Gasteiger partial charge in [0.25, 0.3) is 0 Å². The smallest absolute Gasteiger partial charge is 0.132 e. The Morgan fingerprint density at radius 1 is 0.556 bits per heavy atom. The first-order valence-electron chi connectivity index (χ1n) is 13.3. The standard InChI is InChI=1S/C32H48I2O2/c1-29(2,3)21-31(7,8)23-13-15-27(25(33)19-23)35-17-11-12-18-36-28-16-14-24(20-26(28)34)32(9,10)22-30(4,5)6/h13-16,19-20H,11-12,17-18,21-22H2,1-10H3. The lowest BCUT2D eigenvalue weighted by Crippen LogP contribution is -2.25. The molecule has 4 heteroatoms. The topological polar surface area (TPSA) is 18.5 Å². The van der Waals surface area contributed by atoms with Crippen molar-refractivity contribution in [3.8, 4) is 11.5 Å². The maximum absolute atomic E-state index is 6.11. The molecule has 0 heterocycles. The van der Waals surface area contributed by atoms with Crippen LogP contribution in [0.2, 0.25) is 0 Å². The van der Waals surface area contributed by atoms with Crippen molar-refractivity contribution in [2.75, 3.05) is 13.2 Å². The lowest BCUT2D eigenvalue weighted by Gasteiger charge is -2.33. The minimum atomic E-state index is 0.145. The van der Waals surface area contributed by atoms with Crippen LogP contribution in [0.1, 0.15) is 106 Å². The van der Waals surface area contributed by atoms with Gasteiger partial charge in [-0.15, -0.1) is 0 Å². The van der Waals surface area contributed by atoms with Crippen LogP contribution in [0.25, 0.3) is 0 Å². The molecule has 2 rings (SSSR count). The Morgan fingerprint density at radius 3 is 1.17 bits per heavy atom. The van der Waals surface area contributed by atoms with Gasteiger partial charge in [0.2, 0.25) is 0 Å². The summed E-state index contributed by atoms with van der Waals surface area (Å²) in [4.78, 5) is 0. The van der Waals surface area contributed by atoms with Gasteiger partial charge in [-0.25, -0.2) is 0 Å². The molecule has 0 N–H and O–H groups in total. The van der Waals surface area contributed by atoms with Crippen molar-refractivity contribution in [1.82, 2.24) is 0 Å². The molecule has 0 fully saturated rings. The summed E-state index contributed by atoms with van der Waals surface area (Å²) in [5.74, 6) is 1.96. The molecule has 2 aromatic rings. The molecule has 202 valence electrons. The molecule has 0 bridgehead atoms. The van der Waals surface area contributed by atoms with Crippen molar-refractivity contribution >= 4 is 45.2 Å². The molecule has 0 aromatic heterocycles. The first-order chi connectivity index (χ1) is 16.4. The maximum Gasteiger partial charge on any atom is 0.132 e. The van der Waals surface area contributed by atoms with E-state index in [1.165, 1.54) is 18.3 Å². The molecule has 0 spiro atoms. The van der Waals surface area contributed by atoms with E-state index in [1.807, 2.05) is 0 Å². The Morgan fingerprint density at radius 2 is 0.889 bits per heavy atom. The van der Waals surface area contributed by atoms with Crippen LogP contribution in [0.5, 0.6) is 11.5 Å². The quantitative estimate of drug-likeness (QED) is 0.170. The van der Waals surface area contributed by atoms with Gasteiger partial charge < -0.3 is 9.47 Å². The van der Waals surface area contributed by atoms with Gasteiger partial charge in [-0.05, 0) is 128 Å². The highest BCUT2D eigenvalue weighted by atomic mass is 127. The highest BCUT2D eigenvalue weighted by Crippen LogP contribution is 2.39. The highest BCUT2D eigenvalue weighted by molar-refractivity contribution is 14.1.